The average molecular weight is 318 g/mol. The van der Waals surface area contributed by atoms with Crippen LogP contribution in [0, 0.1) is 0 Å². The molecule has 3 aromatic rings. The van der Waals surface area contributed by atoms with Gasteiger partial charge in [0.15, 0.2) is 5.82 Å². The summed E-state index contributed by atoms with van der Waals surface area (Å²) in [6, 6.07) is 7.67. The van der Waals surface area contributed by atoms with Crippen molar-refractivity contribution in [3.63, 3.8) is 0 Å². The first kappa shape index (κ1) is 14.7. The molecule has 6 heteroatoms. The van der Waals surface area contributed by atoms with Gasteiger partial charge in [0.1, 0.15) is 6.33 Å². The van der Waals surface area contributed by atoms with Crippen LogP contribution in [0.3, 0.4) is 0 Å². The molecule has 0 fully saturated rings. The van der Waals surface area contributed by atoms with Crippen molar-refractivity contribution in [1.82, 2.24) is 24.8 Å². The maximum Gasteiger partial charge on any atom is 0.159 e. The number of nitrogens with two attached hydrogens (primary N) is 1. The first-order valence-electron chi connectivity index (χ1n) is 7.95. The average Bonchev–Trinajstić information content (AvgIpc) is 2.63. The van der Waals surface area contributed by atoms with Gasteiger partial charge in [-0.3, -0.25) is 4.90 Å². The fourth-order valence-electron chi connectivity index (χ4n) is 2.95. The monoisotopic (exact) mass is 318 g/mol. The van der Waals surface area contributed by atoms with Crippen molar-refractivity contribution >= 4 is 5.69 Å². The number of rotatable bonds is 3. The smallest absolute Gasteiger partial charge is 0.159 e. The van der Waals surface area contributed by atoms with Gasteiger partial charge in [-0.15, -0.1) is 0 Å². The van der Waals surface area contributed by atoms with Gasteiger partial charge in [0.25, 0.3) is 0 Å². The highest BCUT2D eigenvalue weighted by molar-refractivity contribution is 5.58. The Kier molecular flexibility index (Phi) is 3.88. The summed E-state index contributed by atoms with van der Waals surface area (Å²) in [5.41, 5.74) is 10.9. The molecule has 4 rings (SSSR count). The third kappa shape index (κ3) is 3.09. The first-order valence-corrected chi connectivity index (χ1v) is 7.95. The summed E-state index contributed by atoms with van der Waals surface area (Å²) >= 11 is 0. The van der Waals surface area contributed by atoms with E-state index in [9.17, 15) is 0 Å². The zero-order valence-electron chi connectivity index (χ0n) is 13.3. The van der Waals surface area contributed by atoms with E-state index in [1.54, 1.807) is 6.33 Å². The lowest BCUT2D eigenvalue weighted by molar-refractivity contribution is 0.242. The summed E-state index contributed by atoms with van der Waals surface area (Å²) in [7, 11) is 0. The normalized spacial score (nSPS) is 14.3. The summed E-state index contributed by atoms with van der Waals surface area (Å²) in [5, 5.41) is 0. The molecule has 1 aliphatic heterocycles. The van der Waals surface area contributed by atoms with E-state index in [-0.39, 0.29) is 0 Å². The van der Waals surface area contributed by atoms with Crippen LogP contribution in [0.2, 0.25) is 0 Å². The van der Waals surface area contributed by atoms with Crippen molar-refractivity contribution in [1.29, 1.82) is 0 Å². The number of aromatic nitrogens is 4. The highest BCUT2D eigenvalue weighted by Crippen LogP contribution is 2.22. The quantitative estimate of drug-likeness (QED) is 0.745. The van der Waals surface area contributed by atoms with E-state index in [4.69, 9.17) is 10.7 Å². The van der Waals surface area contributed by atoms with Crippen LogP contribution in [-0.4, -0.2) is 31.4 Å². The molecule has 0 unspecified atom stereocenters. The summed E-state index contributed by atoms with van der Waals surface area (Å²) < 4.78 is 0. The Hall–Kier alpha value is -2.86. The fourth-order valence-corrected chi connectivity index (χ4v) is 2.95. The van der Waals surface area contributed by atoms with Crippen LogP contribution in [0.25, 0.3) is 11.4 Å². The molecule has 0 spiro atoms. The minimum absolute atomic E-state index is 0.747. The molecule has 2 aromatic heterocycles. The number of benzene rings is 1. The Balaban J connectivity index is 1.52. The van der Waals surface area contributed by atoms with E-state index >= 15 is 0 Å². The van der Waals surface area contributed by atoms with Gasteiger partial charge in [-0.1, -0.05) is 0 Å². The lowest BCUT2D eigenvalue weighted by atomic mass is 10.1. The lowest BCUT2D eigenvalue weighted by Gasteiger charge is -2.27. The Morgan fingerprint density at radius 2 is 1.83 bits per heavy atom. The van der Waals surface area contributed by atoms with Crippen LogP contribution in [0.1, 0.15) is 16.8 Å². The van der Waals surface area contributed by atoms with Crippen LogP contribution in [0.15, 0.2) is 49.2 Å². The predicted octanol–water partition coefficient (Wildman–Crippen LogP) is 2.07. The van der Waals surface area contributed by atoms with Gasteiger partial charge >= 0.3 is 0 Å². The minimum atomic E-state index is 0.747. The molecule has 3 heterocycles. The molecule has 120 valence electrons. The Bertz CT molecular complexity index is 832. The third-order valence-corrected chi connectivity index (χ3v) is 4.20. The van der Waals surface area contributed by atoms with Gasteiger partial charge in [-0.25, -0.2) is 19.9 Å². The highest BCUT2D eigenvalue weighted by atomic mass is 15.1. The molecule has 24 heavy (non-hydrogen) atoms. The molecule has 0 saturated heterocycles. The van der Waals surface area contributed by atoms with Gasteiger partial charge in [-0.05, 0) is 24.3 Å². The minimum Gasteiger partial charge on any atom is -0.399 e. The molecule has 0 amide bonds. The maximum atomic E-state index is 5.74. The van der Waals surface area contributed by atoms with Crippen molar-refractivity contribution in [2.24, 2.45) is 0 Å². The summed E-state index contributed by atoms with van der Waals surface area (Å²) in [5.74, 6) is 0.763. The zero-order valence-corrected chi connectivity index (χ0v) is 13.3. The van der Waals surface area contributed by atoms with Crippen LogP contribution in [-0.2, 0) is 19.5 Å². The van der Waals surface area contributed by atoms with Crippen molar-refractivity contribution < 1.29 is 0 Å². The first-order chi connectivity index (χ1) is 11.8. The van der Waals surface area contributed by atoms with E-state index in [2.05, 4.69) is 19.9 Å². The van der Waals surface area contributed by atoms with Gasteiger partial charge in [-0.2, -0.15) is 0 Å². The van der Waals surface area contributed by atoms with Crippen molar-refractivity contribution in [3.05, 3.63) is 66.0 Å². The van der Waals surface area contributed by atoms with E-state index < -0.39 is 0 Å². The molecule has 1 aromatic carbocycles. The number of fused-ring (bicyclic) bond motifs is 1. The zero-order chi connectivity index (χ0) is 16.4. The summed E-state index contributed by atoms with van der Waals surface area (Å²) in [6.45, 7) is 2.67. The number of nitrogens with zero attached hydrogens (tertiary/aromatic N) is 5. The third-order valence-electron chi connectivity index (χ3n) is 4.20. The Labute approximate surface area is 140 Å². The number of hydrogen-bond donors (Lipinski definition) is 1. The van der Waals surface area contributed by atoms with Gasteiger partial charge < -0.3 is 5.73 Å². The van der Waals surface area contributed by atoms with Crippen LogP contribution in [0.4, 0.5) is 5.69 Å². The summed E-state index contributed by atoms with van der Waals surface area (Å²) in [4.78, 5) is 19.8. The number of hydrogen-bond acceptors (Lipinski definition) is 6. The standard InChI is InChI=1S/C18H18N6/c19-16-3-1-14(2-4-16)18-22-9-15-11-24(6-5-17(15)23-18)10-13-7-20-12-21-8-13/h1-4,7-9,12H,5-6,10-11,19H2. The van der Waals surface area contributed by atoms with Gasteiger partial charge in [0.05, 0.1) is 5.69 Å². The molecule has 2 N–H and O–H groups in total. The Morgan fingerprint density at radius 3 is 2.62 bits per heavy atom. The van der Waals surface area contributed by atoms with E-state index in [0.717, 1.165) is 54.4 Å². The molecule has 0 radical (unpaired) electrons. The van der Waals surface area contributed by atoms with Gasteiger partial charge in [0, 0.05) is 67.0 Å². The van der Waals surface area contributed by atoms with E-state index in [1.807, 2.05) is 42.9 Å². The molecule has 6 nitrogen and oxygen atoms in total. The maximum absolute atomic E-state index is 5.74. The largest absolute Gasteiger partial charge is 0.399 e. The number of nitrogen functional groups attached to an aromatic ring is 1. The number of anilines is 1. The SMILES string of the molecule is Nc1ccc(-c2ncc3c(n2)CCN(Cc2cncnc2)C3)cc1. The molecule has 1 aliphatic rings. The van der Waals surface area contributed by atoms with Crippen molar-refractivity contribution in [3.8, 4) is 11.4 Å². The summed E-state index contributed by atoms with van der Waals surface area (Å²) in [6.07, 6.45) is 8.16. The van der Waals surface area contributed by atoms with Crippen molar-refractivity contribution in [2.45, 2.75) is 19.5 Å². The van der Waals surface area contributed by atoms with Gasteiger partial charge in [0.2, 0.25) is 0 Å². The topological polar surface area (TPSA) is 80.8 Å². The fraction of sp³-hybridized carbons (Fsp3) is 0.222. The second-order valence-corrected chi connectivity index (χ2v) is 5.99. The molecular weight excluding hydrogens is 300 g/mol. The molecule has 0 atom stereocenters. The molecular formula is C18H18N6. The predicted molar refractivity (Wildman–Crippen MR) is 91.7 cm³/mol. The molecule has 0 aliphatic carbocycles. The van der Waals surface area contributed by atoms with Crippen LogP contribution >= 0.6 is 0 Å². The molecule has 0 bridgehead atoms. The Morgan fingerprint density at radius 1 is 1.04 bits per heavy atom. The van der Waals surface area contributed by atoms with E-state index in [1.165, 1.54) is 5.56 Å². The second kappa shape index (κ2) is 6.33. The van der Waals surface area contributed by atoms with Crippen molar-refractivity contribution in [2.75, 3.05) is 12.3 Å². The molecule has 0 saturated carbocycles. The highest BCUT2D eigenvalue weighted by Gasteiger charge is 2.19. The van der Waals surface area contributed by atoms with Crippen LogP contribution < -0.4 is 5.73 Å². The lowest BCUT2D eigenvalue weighted by Crippen LogP contribution is -2.31. The second-order valence-electron chi connectivity index (χ2n) is 5.99. The van der Waals surface area contributed by atoms with Crippen LogP contribution in [0.5, 0.6) is 0 Å². The van der Waals surface area contributed by atoms with E-state index in [0.29, 0.717) is 0 Å².